The molecule has 0 aromatic heterocycles. The van der Waals surface area contributed by atoms with Crippen LogP contribution in [0.4, 0.5) is 0 Å². The summed E-state index contributed by atoms with van der Waals surface area (Å²) in [5.41, 5.74) is 10.6. The van der Waals surface area contributed by atoms with Gasteiger partial charge in [0.15, 0.2) is 6.21 Å². The van der Waals surface area contributed by atoms with Crippen LogP contribution in [0.2, 0.25) is 0 Å². The minimum atomic E-state index is -0.561. The van der Waals surface area contributed by atoms with Gasteiger partial charge in [-0.05, 0) is 19.1 Å². The quantitative estimate of drug-likeness (QED) is 0.245. The molecule has 0 spiro atoms. The molecule has 7 atom stereocenters. The molecule has 162 valence electrons. The van der Waals surface area contributed by atoms with E-state index in [4.69, 9.17) is 17.3 Å². The van der Waals surface area contributed by atoms with E-state index in [0.717, 1.165) is 52.4 Å². The minimum Gasteiger partial charge on any atom is -0.421 e. The van der Waals surface area contributed by atoms with Gasteiger partial charge in [0.1, 0.15) is 11.3 Å². The number of rotatable bonds is 3. The predicted molar refractivity (Wildman–Crippen MR) is 111 cm³/mol. The zero-order valence-electron chi connectivity index (χ0n) is 16.6. The van der Waals surface area contributed by atoms with E-state index < -0.39 is 12.1 Å². The molecule has 6 N–H and O–H groups in total. The Morgan fingerprint density at radius 1 is 1.24 bits per heavy atom. The van der Waals surface area contributed by atoms with Crippen molar-refractivity contribution in [1.29, 1.82) is 0 Å². The van der Waals surface area contributed by atoms with Gasteiger partial charge in [-0.3, -0.25) is 24.6 Å². The number of halogens is 1. The number of nitrogens with zero attached hydrogens (tertiary/aromatic N) is 4. The maximum absolute atomic E-state index is 13.2. The standard InChI is InChI=1S/C18H32ClN9O/c19-11-5-23-17-15(16(20)25-28(17)8-11)18(29)24-13-7-21-2-1-14(13)26-3-4-27-10-22-6-12(27)9-26/h8,11-17,21-23H,1-7,9-10,20H2,(H,24,29). The molecule has 5 rings (SSSR count). The topological polar surface area (TPSA) is 115 Å². The number of hydrogen-bond acceptors (Lipinski definition) is 7. The van der Waals surface area contributed by atoms with Crippen LogP contribution in [0.1, 0.15) is 6.42 Å². The first-order valence-electron chi connectivity index (χ1n) is 10.8. The van der Waals surface area contributed by atoms with Gasteiger partial charge in [0.25, 0.3) is 0 Å². The van der Waals surface area contributed by atoms with Crippen LogP contribution >= 0.6 is 11.6 Å². The van der Waals surface area contributed by atoms with Crippen molar-refractivity contribution in [2.75, 3.05) is 52.5 Å². The Kier molecular flexibility index (Phi) is 5.67. The van der Waals surface area contributed by atoms with Crippen LogP contribution in [0.5, 0.6) is 0 Å². The highest BCUT2D eigenvalue weighted by atomic mass is 35.5. The lowest BCUT2D eigenvalue weighted by Gasteiger charge is -2.46. The molecule has 7 unspecified atom stereocenters. The zero-order valence-corrected chi connectivity index (χ0v) is 17.4. The fourth-order valence-electron chi connectivity index (χ4n) is 5.45. The molecule has 0 aromatic carbocycles. The minimum absolute atomic E-state index is 0.0254. The van der Waals surface area contributed by atoms with Gasteiger partial charge in [-0.25, -0.2) is 0 Å². The maximum atomic E-state index is 13.2. The largest absolute Gasteiger partial charge is 0.421 e. The molecule has 11 heteroatoms. The molecule has 0 aliphatic carbocycles. The van der Waals surface area contributed by atoms with Crippen molar-refractivity contribution in [2.45, 2.75) is 42.3 Å². The fourth-order valence-corrected chi connectivity index (χ4v) is 5.66. The molecule has 29 heavy (non-hydrogen) atoms. The first kappa shape index (κ1) is 19.9. The monoisotopic (exact) mass is 425 g/mol. The van der Waals surface area contributed by atoms with Crippen LogP contribution in [0, 0.1) is 5.92 Å². The summed E-state index contributed by atoms with van der Waals surface area (Å²) < 4.78 is 1.74. The Morgan fingerprint density at radius 2 is 2.10 bits per heavy atom. The van der Waals surface area contributed by atoms with Crippen LogP contribution < -0.4 is 27.0 Å². The Bertz CT molecular complexity index is 663. The van der Waals surface area contributed by atoms with Gasteiger partial charge in [0, 0.05) is 58.0 Å². The number of carbonyl (C=O) groups excluding carboxylic acids is 1. The number of amides is 1. The maximum Gasteiger partial charge on any atom is 0.231 e. The van der Waals surface area contributed by atoms with Crippen molar-refractivity contribution in [3.63, 3.8) is 0 Å². The average Bonchev–Trinajstić information content (AvgIpc) is 3.30. The molecular weight excluding hydrogens is 394 g/mol. The van der Waals surface area contributed by atoms with Crippen molar-refractivity contribution in [3.8, 4) is 0 Å². The van der Waals surface area contributed by atoms with Crippen molar-refractivity contribution < 1.29 is 9.48 Å². The summed E-state index contributed by atoms with van der Waals surface area (Å²) in [6, 6.07) is 1.01. The molecule has 10 nitrogen and oxygen atoms in total. The molecule has 0 bridgehead atoms. The highest BCUT2D eigenvalue weighted by Crippen LogP contribution is 2.27. The molecule has 0 saturated carbocycles. The molecule has 5 aliphatic rings. The molecular formula is C18H32ClN9O. The van der Waals surface area contributed by atoms with Crippen LogP contribution in [0.25, 0.3) is 5.43 Å². The zero-order chi connectivity index (χ0) is 20.0. The van der Waals surface area contributed by atoms with E-state index in [1.807, 2.05) is 6.21 Å². The van der Waals surface area contributed by atoms with Crippen LogP contribution in [-0.4, -0.2) is 115 Å². The van der Waals surface area contributed by atoms with Crippen LogP contribution in [-0.2, 0) is 4.79 Å². The molecule has 5 heterocycles. The van der Waals surface area contributed by atoms with Crippen molar-refractivity contribution in [3.05, 3.63) is 5.43 Å². The Balaban J connectivity index is 1.26. The second-order valence-corrected chi connectivity index (χ2v) is 9.34. The number of alkyl halides is 1. The highest BCUT2D eigenvalue weighted by Gasteiger charge is 2.46. The van der Waals surface area contributed by atoms with E-state index in [9.17, 15) is 4.79 Å². The summed E-state index contributed by atoms with van der Waals surface area (Å²) in [6.45, 7) is 7.65. The van der Waals surface area contributed by atoms with Gasteiger partial charge in [0.2, 0.25) is 12.1 Å². The lowest BCUT2D eigenvalue weighted by Crippen LogP contribution is -2.65. The third-order valence-electron chi connectivity index (χ3n) is 6.97. The number of fused-ring (bicyclic) bond motifs is 2. The smallest absolute Gasteiger partial charge is 0.231 e. The van der Waals surface area contributed by atoms with Crippen LogP contribution in [0.15, 0.2) is 0 Å². The predicted octanol–water partition coefficient (Wildman–Crippen LogP) is -2.80. The highest BCUT2D eigenvalue weighted by molar-refractivity contribution is 6.28. The van der Waals surface area contributed by atoms with Gasteiger partial charge < -0.3 is 27.1 Å². The number of piperazine rings is 1. The van der Waals surface area contributed by atoms with E-state index in [2.05, 4.69) is 36.5 Å². The van der Waals surface area contributed by atoms with E-state index in [0.29, 0.717) is 18.6 Å². The molecule has 4 fully saturated rings. The van der Waals surface area contributed by atoms with Crippen molar-refractivity contribution in [1.82, 2.24) is 31.1 Å². The average molecular weight is 426 g/mol. The fraction of sp³-hybridized carbons (Fsp3) is 0.889. The Labute approximate surface area is 176 Å². The number of piperidine rings is 1. The molecule has 5 aliphatic heterocycles. The summed E-state index contributed by atoms with van der Waals surface area (Å²) in [4.78, 5) is 18.3. The third-order valence-corrected chi connectivity index (χ3v) is 7.24. The van der Waals surface area contributed by atoms with E-state index in [-0.39, 0.29) is 23.5 Å². The number of carbonyl (C=O) groups is 1. The van der Waals surface area contributed by atoms with Gasteiger partial charge in [-0.1, -0.05) is 0 Å². The van der Waals surface area contributed by atoms with E-state index in [1.54, 1.807) is 4.68 Å². The number of nitrogens with one attached hydrogen (secondary N) is 4. The third kappa shape index (κ3) is 3.87. The first-order chi connectivity index (χ1) is 14.1. The Hall–Kier alpha value is -1.01. The SMILES string of the molecule is NC1[N-][N+]2=CC(Cl)CNC2C1C(=O)NC1CNCCC1N1CCN2CNCC2C1. The molecule has 0 aromatic rings. The Morgan fingerprint density at radius 3 is 3.00 bits per heavy atom. The van der Waals surface area contributed by atoms with Gasteiger partial charge >= 0.3 is 0 Å². The summed E-state index contributed by atoms with van der Waals surface area (Å²) in [6.07, 6.45) is 2.11. The van der Waals surface area contributed by atoms with Crippen molar-refractivity contribution >= 4 is 23.7 Å². The summed E-state index contributed by atoms with van der Waals surface area (Å²) in [7, 11) is 0. The lowest BCUT2D eigenvalue weighted by atomic mass is 9.95. The lowest BCUT2D eigenvalue weighted by molar-refractivity contribution is -0.513. The van der Waals surface area contributed by atoms with Crippen LogP contribution in [0.3, 0.4) is 0 Å². The number of nitrogens with two attached hydrogens (primary N) is 1. The van der Waals surface area contributed by atoms with Gasteiger partial charge in [-0.15, -0.1) is 11.6 Å². The molecule has 4 saturated heterocycles. The first-order valence-corrected chi connectivity index (χ1v) is 11.2. The van der Waals surface area contributed by atoms with E-state index in [1.165, 1.54) is 0 Å². The normalized spacial score (nSPS) is 43.2. The molecule has 1 amide bonds. The summed E-state index contributed by atoms with van der Waals surface area (Å²) in [5, 5.41) is 13.4. The van der Waals surface area contributed by atoms with Gasteiger partial charge in [0.05, 0.1) is 6.04 Å². The second-order valence-electron chi connectivity index (χ2n) is 8.78. The summed E-state index contributed by atoms with van der Waals surface area (Å²) >= 11 is 6.17. The van der Waals surface area contributed by atoms with Gasteiger partial charge in [-0.2, -0.15) is 0 Å². The second kappa shape index (κ2) is 8.26. The summed E-state index contributed by atoms with van der Waals surface area (Å²) in [5.74, 6) is -0.448. The number of hydrogen-bond donors (Lipinski definition) is 5. The molecule has 0 radical (unpaired) electrons. The van der Waals surface area contributed by atoms with Crippen molar-refractivity contribution in [2.24, 2.45) is 11.7 Å². The van der Waals surface area contributed by atoms with E-state index >= 15 is 0 Å².